The molecular weight excluding hydrogens is 360 g/mol. The molecule has 3 saturated carbocycles. The molecule has 4 aliphatic rings. The number of aromatic nitrogens is 2. The van der Waals surface area contributed by atoms with Gasteiger partial charge in [0.1, 0.15) is 11.9 Å². The highest BCUT2D eigenvalue weighted by Gasteiger charge is 2.58. The van der Waals surface area contributed by atoms with E-state index in [0.717, 1.165) is 37.5 Å². The number of carbonyl (C=O) groups is 1. The Hall–Kier alpha value is -1.55. The third kappa shape index (κ3) is 3.01. The molecule has 7 atom stereocenters. The Morgan fingerprint density at radius 1 is 1.14 bits per heavy atom. The number of fused-ring (bicyclic) bond motifs is 5. The average Bonchev–Trinajstić information content (AvgIpc) is 3.05. The van der Waals surface area contributed by atoms with Crippen LogP contribution in [0, 0.1) is 34.5 Å². The molecule has 3 fully saturated rings. The monoisotopic (exact) mass is 394 g/mol. The smallest absolute Gasteiger partial charge is 0.157 e. The number of aliphatic hydroxyl groups excluding tert-OH is 1. The van der Waals surface area contributed by atoms with Crippen molar-refractivity contribution in [1.82, 2.24) is 9.97 Å². The molecule has 0 aromatic carbocycles. The number of ketones is 1. The van der Waals surface area contributed by atoms with Crippen LogP contribution in [-0.2, 0) is 4.79 Å². The van der Waals surface area contributed by atoms with Gasteiger partial charge >= 0.3 is 0 Å². The highest BCUT2D eigenvalue weighted by Crippen LogP contribution is 2.66. The summed E-state index contributed by atoms with van der Waals surface area (Å²) in [6, 6.07) is 1.79. The van der Waals surface area contributed by atoms with E-state index in [1.807, 2.05) is 0 Å². The Bertz CT molecular complexity index is 821. The van der Waals surface area contributed by atoms with Crippen LogP contribution in [0.15, 0.2) is 30.1 Å². The summed E-state index contributed by atoms with van der Waals surface area (Å²) >= 11 is 0. The van der Waals surface area contributed by atoms with Gasteiger partial charge in [-0.15, -0.1) is 0 Å². The van der Waals surface area contributed by atoms with E-state index in [4.69, 9.17) is 0 Å². The molecule has 0 saturated heterocycles. The standard InChI is InChI=1S/C25H34N2O2/c1-24-10-8-18(28)14-16(24)4-6-19-20-7-5-17(25(20,2)11-9-21(19)24)15-22(29)23-26-12-3-13-27-23/h3,5,12-13,16,19-22,29H,4,6-11,14-15H2,1-2H3/t16?,19-,20-,21+,22?,24-,25+/m0/s1. The lowest BCUT2D eigenvalue weighted by Gasteiger charge is -2.60. The van der Waals surface area contributed by atoms with Crippen LogP contribution in [0.5, 0.6) is 0 Å². The molecular formula is C25H34N2O2. The fourth-order valence-electron chi connectivity index (χ4n) is 7.80. The molecule has 4 nitrogen and oxygen atoms in total. The molecule has 2 unspecified atom stereocenters. The molecule has 1 N–H and O–H groups in total. The quantitative estimate of drug-likeness (QED) is 0.729. The van der Waals surface area contributed by atoms with Crippen LogP contribution in [0.4, 0.5) is 0 Å². The average molecular weight is 395 g/mol. The summed E-state index contributed by atoms with van der Waals surface area (Å²) in [7, 11) is 0. The van der Waals surface area contributed by atoms with Crippen molar-refractivity contribution in [1.29, 1.82) is 0 Å². The third-order valence-electron chi connectivity index (χ3n) is 9.52. The first-order valence-corrected chi connectivity index (χ1v) is 11.6. The Labute approximate surface area is 174 Å². The molecule has 1 aromatic heterocycles. The van der Waals surface area contributed by atoms with Gasteiger partial charge in [-0.25, -0.2) is 9.97 Å². The maximum atomic E-state index is 12.1. The van der Waals surface area contributed by atoms with Crippen LogP contribution in [0.3, 0.4) is 0 Å². The van der Waals surface area contributed by atoms with E-state index in [1.54, 1.807) is 18.5 Å². The van der Waals surface area contributed by atoms with Crippen molar-refractivity contribution in [2.75, 3.05) is 0 Å². The molecule has 5 rings (SSSR count). The predicted molar refractivity (Wildman–Crippen MR) is 112 cm³/mol. The Balaban J connectivity index is 1.35. The van der Waals surface area contributed by atoms with Gasteiger partial charge in [0.05, 0.1) is 0 Å². The number of Topliss-reactive ketones (excluding diaryl/α,β-unsaturated/α-hetero) is 1. The molecule has 1 aromatic rings. The third-order valence-corrected chi connectivity index (χ3v) is 9.52. The number of aliphatic hydroxyl groups is 1. The summed E-state index contributed by atoms with van der Waals surface area (Å²) in [4.78, 5) is 20.6. The topological polar surface area (TPSA) is 63.1 Å². The van der Waals surface area contributed by atoms with Gasteiger partial charge in [0, 0.05) is 31.7 Å². The lowest BCUT2D eigenvalue weighted by molar-refractivity contribution is -0.137. The molecule has 0 radical (unpaired) electrons. The number of allylic oxidation sites excluding steroid dienone is 1. The first-order chi connectivity index (χ1) is 13.9. The zero-order valence-corrected chi connectivity index (χ0v) is 17.8. The van der Waals surface area contributed by atoms with Crippen LogP contribution >= 0.6 is 0 Å². The summed E-state index contributed by atoms with van der Waals surface area (Å²) in [5, 5.41) is 10.7. The molecule has 4 aliphatic carbocycles. The zero-order chi connectivity index (χ0) is 20.2. The van der Waals surface area contributed by atoms with E-state index >= 15 is 0 Å². The van der Waals surface area contributed by atoms with Gasteiger partial charge in [-0.1, -0.05) is 25.5 Å². The van der Waals surface area contributed by atoms with Gasteiger partial charge in [-0.3, -0.25) is 4.79 Å². The predicted octanol–water partition coefficient (Wildman–Crippen LogP) is 5.05. The van der Waals surface area contributed by atoms with Crippen molar-refractivity contribution in [3.05, 3.63) is 35.9 Å². The van der Waals surface area contributed by atoms with E-state index in [9.17, 15) is 9.90 Å². The van der Waals surface area contributed by atoms with E-state index in [0.29, 0.717) is 35.3 Å². The second-order valence-electron chi connectivity index (χ2n) is 10.6. The van der Waals surface area contributed by atoms with Crippen molar-refractivity contribution < 1.29 is 9.90 Å². The Kier molecular flexibility index (Phi) is 4.69. The van der Waals surface area contributed by atoms with Crippen LogP contribution in [0.2, 0.25) is 0 Å². The fraction of sp³-hybridized carbons (Fsp3) is 0.720. The van der Waals surface area contributed by atoms with Gasteiger partial charge in [0.15, 0.2) is 5.82 Å². The van der Waals surface area contributed by atoms with Crippen molar-refractivity contribution >= 4 is 5.78 Å². The molecule has 0 spiro atoms. The molecule has 156 valence electrons. The number of carbonyl (C=O) groups excluding carboxylic acids is 1. The number of hydrogen-bond donors (Lipinski definition) is 1. The van der Waals surface area contributed by atoms with Crippen LogP contribution in [-0.4, -0.2) is 20.9 Å². The van der Waals surface area contributed by atoms with Gasteiger partial charge in [0.25, 0.3) is 0 Å². The SMILES string of the molecule is C[C@]12CCC(=O)CC1CC[C@@H]1[C@H]2CC[C@]2(C)C(CC(O)c3ncccn3)=CC[C@@H]12. The lowest BCUT2D eigenvalue weighted by Crippen LogP contribution is -2.53. The first kappa shape index (κ1) is 19.4. The number of hydrogen-bond acceptors (Lipinski definition) is 4. The maximum Gasteiger partial charge on any atom is 0.157 e. The van der Waals surface area contributed by atoms with Crippen LogP contribution in [0.25, 0.3) is 0 Å². The van der Waals surface area contributed by atoms with Gasteiger partial charge in [0.2, 0.25) is 0 Å². The van der Waals surface area contributed by atoms with Crippen molar-refractivity contribution in [3.8, 4) is 0 Å². The lowest BCUT2D eigenvalue weighted by atomic mass is 9.44. The minimum absolute atomic E-state index is 0.199. The normalized spacial score (nSPS) is 42.4. The summed E-state index contributed by atoms with van der Waals surface area (Å²) < 4.78 is 0. The summed E-state index contributed by atoms with van der Waals surface area (Å²) in [5.74, 6) is 3.86. The van der Waals surface area contributed by atoms with Gasteiger partial charge in [-0.05, 0) is 79.1 Å². The summed E-state index contributed by atoms with van der Waals surface area (Å²) in [6.45, 7) is 4.95. The molecule has 1 heterocycles. The molecule has 0 aliphatic heterocycles. The van der Waals surface area contributed by atoms with Crippen molar-refractivity contribution in [3.63, 3.8) is 0 Å². The van der Waals surface area contributed by atoms with Gasteiger partial charge in [-0.2, -0.15) is 0 Å². The molecule has 4 heteroatoms. The Morgan fingerprint density at radius 2 is 1.93 bits per heavy atom. The maximum absolute atomic E-state index is 12.1. The second kappa shape index (κ2) is 7.01. The minimum atomic E-state index is -0.617. The van der Waals surface area contributed by atoms with Gasteiger partial charge < -0.3 is 5.11 Å². The number of rotatable bonds is 3. The largest absolute Gasteiger partial charge is 0.385 e. The first-order valence-electron chi connectivity index (χ1n) is 11.6. The highest BCUT2D eigenvalue weighted by molar-refractivity contribution is 5.79. The van der Waals surface area contributed by atoms with Crippen LogP contribution < -0.4 is 0 Å². The highest BCUT2D eigenvalue weighted by atomic mass is 16.3. The van der Waals surface area contributed by atoms with Crippen LogP contribution in [0.1, 0.15) is 83.6 Å². The molecule has 0 amide bonds. The fourth-order valence-corrected chi connectivity index (χ4v) is 7.80. The zero-order valence-electron chi connectivity index (χ0n) is 17.8. The van der Waals surface area contributed by atoms with Crippen molar-refractivity contribution in [2.45, 2.75) is 77.7 Å². The number of nitrogens with zero attached hydrogens (tertiary/aromatic N) is 2. The molecule has 0 bridgehead atoms. The van der Waals surface area contributed by atoms with Crippen molar-refractivity contribution in [2.24, 2.45) is 34.5 Å². The molecule has 29 heavy (non-hydrogen) atoms. The van der Waals surface area contributed by atoms with E-state index < -0.39 is 6.10 Å². The Morgan fingerprint density at radius 3 is 2.72 bits per heavy atom. The summed E-state index contributed by atoms with van der Waals surface area (Å²) in [5.41, 5.74) is 1.98. The van der Waals surface area contributed by atoms with E-state index in [-0.39, 0.29) is 5.41 Å². The van der Waals surface area contributed by atoms with E-state index in [1.165, 1.54) is 31.3 Å². The second-order valence-corrected chi connectivity index (χ2v) is 10.6. The minimum Gasteiger partial charge on any atom is -0.385 e. The summed E-state index contributed by atoms with van der Waals surface area (Å²) in [6.07, 6.45) is 14.7. The van der Waals surface area contributed by atoms with E-state index in [2.05, 4.69) is 29.9 Å².